The number of methoxy groups -OCH3 is 1. The van der Waals surface area contributed by atoms with Gasteiger partial charge in [0.05, 0.1) is 7.11 Å². The Morgan fingerprint density at radius 3 is 2.82 bits per heavy atom. The lowest BCUT2D eigenvalue weighted by Gasteiger charge is -2.31. The second kappa shape index (κ2) is 5.02. The zero-order chi connectivity index (χ0) is 11.8. The maximum atomic E-state index is 13.0. The Balaban J connectivity index is 0.00000144. The molecule has 3 nitrogen and oxygen atoms in total. The molecule has 1 aliphatic rings. The molecule has 1 atom stereocenters. The van der Waals surface area contributed by atoms with Crippen LogP contribution in [0, 0.1) is 5.82 Å². The van der Waals surface area contributed by atoms with Gasteiger partial charge in [-0.3, -0.25) is 4.79 Å². The zero-order valence-electron chi connectivity index (χ0n) is 9.53. The minimum absolute atomic E-state index is 0. The predicted molar refractivity (Wildman–Crippen MR) is 64.6 cm³/mol. The number of hydrogen-bond donors (Lipinski definition) is 1. The lowest BCUT2D eigenvalue weighted by Crippen LogP contribution is -2.52. The van der Waals surface area contributed by atoms with Gasteiger partial charge in [0.1, 0.15) is 11.4 Å². The minimum atomic E-state index is -0.959. The molecule has 0 heterocycles. The first kappa shape index (κ1) is 13.9. The molecule has 94 valence electrons. The van der Waals surface area contributed by atoms with E-state index in [4.69, 9.17) is 10.5 Å². The number of nitrogens with two attached hydrogens (primary N) is 1. The average molecular weight is 260 g/mol. The van der Waals surface area contributed by atoms with Crippen LogP contribution in [0.25, 0.3) is 0 Å². The molecule has 0 aromatic heterocycles. The van der Waals surface area contributed by atoms with Gasteiger partial charge in [-0.1, -0.05) is 6.07 Å². The third kappa shape index (κ3) is 2.58. The first-order valence-corrected chi connectivity index (χ1v) is 5.20. The number of fused-ring (bicyclic) bond motifs is 1. The number of carbonyl (C=O) groups excluding carboxylic acids is 1. The summed E-state index contributed by atoms with van der Waals surface area (Å²) < 4.78 is 17.7. The minimum Gasteiger partial charge on any atom is -0.468 e. The number of esters is 1. The highest BCUT2D eigenvalue weighted by molar-refractivity contribution is 5.85. The van der Waals surface area contributed by atoms with E-state index in [0.29, 0.717) is 19.3 Å². The van der Waals surface area contributed by atoms with Gasteiger partial charge in [-0.05, 0) is 36.1 Å². The topological polar surface area (TPSA) is 52.3 Å². The van der Waals surface area contributed by atoms with Crippen molar-refractivity contribution in [3.8, 4) is 0 Å². The number of hydrogen-bond acceptors (Lipinski definition) is 3. The second-order valence-corrected chi connectivity index (χ2v) is 4.24. The maximum Gasteiger partial charge on any atom is 0.326 e. The van der Waals surface area contributed by atoms with E-state index in [1.807, 2.05) is 0 Å². The molecular formula is C12H15ClFNO2. The van der Waals surface area contributed by atoms with E-state index in [9.17, 15) is 9.18 Å². The molecule has 1 unspecified atom stereocenters. The second-order valence-electron chi connectivity index (χ2n) is 4.24. The summed E-state index contributed by atoms with van der Waals surface area (Å²) in [5.41, 5.74) is 6.91. The Kier molecular flexibility index (Phi) is 4.11. The van der Waals surface area contributed by atoms with Gasteiger partial charge in [-0.15, -0.1) is 12.4 Å². The maximum absolute atomic E-state index is 13.0. The molecule has 1 aromatic carbocycles. The Hall–Kier alpha value is -1.13. The van der Waals surface area contributed by atoms with Crippen LogP contribution in [0.4, 0.5) is 4.39 Å². The monoisotopic (exact) mass is 259 g/mol. The molecule has 0 radical (unpaired) electrons. The number of rotatable bonds is 1. The first-order chi connectivity index (χ1) is 7.55. The summed E-state index contributed by atoms with van der Waals surface area (Å²) in [7, 11) is 1.33. The number of halogens is 2. The summed E-state index contributed by atoms with van der Waals surface area (Å²) >= 11 is 0. The van der Waals surface area contributed by atoms with E-state index in [1.165, 1.54) is 19.2 Å². The molecule has 2 rings (SSSR count). The molecule has 0 saturated heterocycles. The zero-order valence-corrected chi connectivity index (χ0v) is 10.3. The van der Waals surface area contributed by atoms with Crippen molar-refractivity contribution in [2.75, 3.05) is 7.11 Å². The summed E-state index contributed by atoms with van der Waals surface area (Å²) in [6.45, 7) is 0. The molecule has 0 aliphatic heterocycles. The van der Waals surface area contributed by atoms with Gasteiger partial charge in [0.25, 0.3) is 0 Å². The van der Waals surface area contributed by atoms with Crippen LogP contribution in [0.3, 0.4) is 0 Å². The van der Waals surface area contributed by atoms with Crippen LogP contribution in [-0.4, -0.2) is 18.6 Å². The average Bonchev–Trinajstić information content (AvgIpc) is 2.28. The molecule has 0 saturated carbocycles. The van der Waals surface area contributed by atoms with E-state index in [1.54, 1.807) is 6.07 Å². The van der Waals surface area contributed by atoms with E-state index in [-0.39, 0.29) is 18.2 Å². The molecule has 2 N–H and O–H groups in total. The van der Waals surface area contributed by atoms with Crippen LogP contribution in [0.15, 0.2) is 18.2 Å². The summed E-state index contributed by atoms with van der Waals surface area (Å²) in [5, 5.41) is 0. The van der Waals surface area contributed by atoms with Gasteiger partial charge in [-0.2, -0.15) is 0 Å². The Morgan fingerprint density at radius 2 is 2.18 bits per heavy atom. The molecule has 0 fully saturated rings. The van der Waals surface area contributed by atoms with Crippen molar-refractivity contribution in [3.63, 3.8) is 0 Å². The molecule has 1 aliphatic carbocycles. The molecule has 0 bridgehead atoms. The molecule has 5 heteroatoms. The van der Waals surface area contributed by atoms with E-state index < -0.39 is 11.5 Å². The Bertz CT molecular complexity index is 439. The summed E-state index contributed by atoms with van der Waals surface area (Å²) in [4.78, 5) is 11.5. The standard InChI is InChI=1S/C12H14FNO2.ClH/c1-16-11(15)12(14)5-4-8-6-10(13)3-2-9(8)7-12;/h2-3,6H,4-5,7,14H2,1H3;1H. The first-order valence-electron chi connectivity index (χ1n) is 5.20. The lowest BCUT2D eigenvalue weighted by atomic mass is 9.78. The molecule has 0 amide bonds. The highest BCUT2D eigenvalue weighted by Gasteiger charge is 2.38. The summed E-state index contributed by atoms with van der Waals surface area (Å²) in [6.07, 6.45) is 1.52. The van der Waals surface area contributed by atoms with E-state index in [0.717, 1.165) is 11.1 Å². The van der Waals surface area contributed by atoms with Crippen LogP contribution in [0.2, 0.25) is 0 Å². The number of carbonyl (C=O) groups is 1. The largest absolute Gasteiger partial charge is 0.468 e. The molecule has 17 heavy (non-hydrogen) atoms. The fourth-order valence-electron chi connectivity index (χ4n) is 2.16. The quantitative estimate of drug-likeness (QED) is 0.780. The van der Waals surface area contributed by atoms with Gasteiger partial charge in [0, 0.05) is 6.42 Å². The molecule has 0 spiro atoms. The highest BCUT2D eigenvalue weighted by atomic mass is 35.5. The number of benzene rings is 1. The van der Waals surface area contributed by atoms with Gasteiger partial charge < -0.3 is 10.5 Å². The summed E-state index contributed by atoms with van der Waals surface area (Å²) in [5.74, 6) is -0.649. The van der Waals surface area contributed by atoms with Crippen molar-refractivity contribution in [3.05, 3.63) is 35.1 Å². The van der Waals surface area contributed by atoms with Crippen molar-refractivity contribution in [2.45, 2.75) is 24.8 Å². The molecular weight excluding hydrogens is 245 g/mol. The van der Waals surface area contributed by atoms with Crippen molar-refractivity contribution in [2.24, 2.45) is 5.73 Å². The molecule has 1 aromatic rings. The summed E-state index contributed by atoms with van der Waals surface area (Å²) in [6, 6.07) is 4.59. The van der Waals surface area contributed by atoms with Gasteiger partial charge in [0.2, 0.25) is 0 Å². The predicted octanol–water partition coefficient (Wildman–Crippen LogP) is 1.61. The van der Waals surface area contributed by atoms with Crippen LogP contribution < -0.4 is 5.73 Å². The van der Waals surface area contributed by atoms with Crippen LogP contribution >= 0.6 is 12.4 Å². The van der Waals surface area contributed by atoms with Crippen LogP contribution in [0.1, 0.15) is 17.5 Å². The third-order valence-corrected chi connectivity index (χ3v) is 3.11. The number of aryl methyl sites for hydroxylation is 1. The van der Waals surface area contributed by atoms with Crippen molar-refractivity contribution < 1.29 is 13.9 Å². The van der Waals surface area contributed by atoms with E-state index >= 15 is 0 Å². The van der Waals surface area contributed by atoms with Crippen LogP contribution in [-0.2, 0) is 22.4 Å². The number of ether oxygens (including phenoxy) is 1. The van der Waals surface area contributed by atoms with Crippen LogP contribution in [0.5, 0.6) is 0 Å². The highest BCUT2D eigenvalue weighted by Crippen LogP contribution is 2.28. The SMILES string of the molecule is COC(=O)C1(N)CCc2cc(F)ccc2C1.Cl. The lowest BCUT2D eigenvalue weighted by molar-refractivity contribution is -0.147. The van der Waals surface area contributed by atoms with Crippen molar-refractivity contribution >= 4 is 18.4 Å². The van der Waals surface area contributed by atoms with Gasteiger partial charge >= 0.3 is 5.97 Å². The Morgan fingerprint density at radius 1 is 1.47 bits per heavy atom. The fourth-order valence-corrected chi connectivity index (χ4v) is 2.16. The van der Waals surface area contributed by atoms with Crippen molar-refractivity contribution in [1.82, 2.24) is 0 Å². The Labute approximate surface area is 106 Å². The fraction of sp³-hybridized carbons (Fsp3) is 0.417. The smallest absolute Gasteiger partial charge is 0.326 e. The van der Waals surface area contributed by atoms with E-state index in [2.05, 4.69) is 0 Å². The van der Waals surface area contributed by atoms with Gasteiger partial charge in [0.15, 0.2) is 0 Å². The normalized spacial score (nSPS) is 22.3. The van der Waals surface area contributed by atoms with Gasteiger partial charge in [-0.25, -0.2) is 4.39 Å². The van der Waals surface area contributed by atoms with Crippen molar-refractivity contribution in [1.29, 1.82) is 0 Å². The third-order valence-electron chi connectivity index (χ3n) is 3.11.